The number of morpholine rings is 1. The number of anilines is 2. The second-order valence-electron chi connectivity index (χ2n) is 9.88. The van der Waals surface area contributed by atoms with E-state index in [0.29, 0.717) is 32.9 Å². The Morgan fingerprint density at radius 2 is 1.76 bits per heavy atom. The molecule has 0 spiro atoms. The van der Waals surface area contributed by atoms with Crippen LogP contribution in [0.1, 0.15) is 22.4 Å². The molecule has 38 heavy (non-hydrogen) atoms. The number of carbonyl (C=O) groups is 1. The lowest BCUT2D eigenvalue weighted by Crippen LogP contribution is -2.36. The van der Waals surface area contributed by atoms with Crippen molar-refractivity contribution >= 4 is 17.3 Å². The van der Waals surface area contributed by atoms with Gasteiger partial charge < -0.3 is 24.4 Å². The number of aryl methyl sites for hydroxylation is 1. The monoisotopic (exact) mass is 519 g/mol. The van der Waals surface area contributed by atoms with Crippen LogP contribution in [0.4, 0.5) is 11.4 Å². The van der Waals surface area contributed by atoms with Gasteiger partial charge in [-0.1, -0.05) is 24.3 Å². The first-order valence-corrected chi connectivity index (χ1v) is 13.3. The molecule has 3 heterocycles. The average molecular weight is 520 g/mol. The van der Waals surface area contributed by atoms with Gasteiger partial charge in [-0.2, -0.15) is 5.10 Å². The zero-order valence-corrected chi connectivity index (χ0v) is 22.3. The van der Waals surface area contributed by atoms with E-state index in [1.165, 1.54) is 11.3 Å². The summed E-state index contributed by atoms with van der Waals surface area (Å²) in [4.78, 5) is 17.4. The lowest BCUT2D eigenvalue weighted by molar-refractivity contribution is -0.117. The van der Waals surface area contributed by atoms with Gasteiger partial charge in [0.25, 0.3) is 0 Å². The third-order valence-electron chi connectivity index (χ3n) is 7.13. The molecule has 0 aliphatic carbocycles. The number of rotatable bonds is 4. The Bertz CT molecular complexity index is 1240. The molecular formula is C29H37N5O4. The molecular weight excluding hydrogens is 482 g/mol. The van der Waals surface area contributed by atoms with E-state index < -0.39 is 0 Å². The molecule has 5 rings (SSSR count). The standard InChI is InChI=1S/C29H37N5O4/c1-22-27(19-30-32(22)2)31-29(35)21-33-8-11-37-14-15-38-28-7-6-26(34-9-12-36-13-10-34)18-25(28)17-23-4-3-5-24(16-23)20-33/h3-7,16,18-19H,8-15,17,20-21H2,1-2H3,(H,31,35). The van der Waals surface area contributed by atoms with Gasteiger partial charge in [0, 0.05) is 50.9 Å². The summed E-state index contributed by atoms with van der Waals surface area (Å²) in [5, 5.41) is 7.21. The zero-order valence-electron chi connectivity index (χ0n) is 22.3. The van der Waals surface area contributed by atoms with E-state index in [4.69, 9.17) is 14.2 Å². The van der Waals surface area contributed by atoms with Gasteiger partial charge in [0.2, 0.25) is 5.91 Å². The minimum absolute atomic E-state index is 0.0636. The SMILES string of the molecule is Cc1c(NC(=O)CN2CCOCCOc3ccc(N4CCOCC4)cc3Cc3cccc(c3)C2)cnn1C. The number of fused-ring (bicyclic) bond motifs is 3. The van der Waals surface area contributed by atoms with Crippen LogP contribution < -0.4 is 15.0 Å². The fourth-order valence-corrected chi connectivity index (χ4v) is 4.91. The highest BCUT2D eigenvalue weighted by molar-refractivity contribution is 5.92. The molecule has 3 aromatic rings. The number of carbonyl (C=O) groups excluding carboxylic acids is 1. The Labute approximate surface area is 224 Å². The Morgan fingerprint density at radius 3 is 2.58 bits per heavy atom. The largest absolute Gasteiger partial charge is 0.491 e. The van der Waals surface area contributed by atoms with Crippen molar-refractivity contribution in [2.45, 2.75) is 19.9 Å². The highest BCUT2D eigenvalue weighted by Crippen LogP contribution is 2.28. The highest BCUT2D eigenvalue weighted by Gasteiger charge is 2.17. The van der Waals surface area contributed by atoms with Crippen LogP contribution in [0, 0.1) is 6.92 Å². The molecule has 9 heteroatoms. The van der Waals surface area contributed by atoms with Gasteiger partial charge in [-0.15, -0.1) is 0 Å². The van der Waals surface area contributed by atoms with E-state index in [1.807, 2.05) is 14.0 Å². The van der Waals surface area contributed by atoms with E-state index >= 15 is 0 Å². The number of hydrogen-bond donors (Lipinski definition) is 1. The lowest BCUT2D eigenvalue weighted by Gasteiger charge is -2.29. The maximum absolute atomic E-state index is 12.9. The second kappa shape index (κ2) is 12.4. The number of aromatic nitrogens is 2. The summed E-state index contributed by atoms with van der Waals surface area (Å²) in [6.45, 7) is 8.29. The molecule has 2 bridgehead atoms. The Hall–Kier alpha value is -3.40. The normalized spacial score (nSPS) is 17.3. The quantitative estimate of drug-likeness (QED) is 0.568. The molecule has 1 fully saturated rings. The van der Waals surface area contributed by atoms with E-state index in [2.05, 4.69) is 62.7 Å². The number of nitrogens with one attached hydrogen (secondary N) is 1. The van der Waals surface area contributed by atoms with Gasteiger partial charge >= 0.3 is 0 Å². The van der Waals surface area contributed by atoms with Crippen LogP contribution in [-0.2, 0) is 34.3 Å². The van der Waals surface area contributed by atoms with E-state index in [-0.39, 0.29) is 12.5 Å². The summed E-state index contributed by atoms with van der Waals surface area (Å²) >= 11 is 0. The van der Waals surface area contributed by atoms with Gasteiger partial charge in [-0.05, 0) is 36.2 Å². The van der Waals surface area contributed by atoms with Gasteiger partial charge in [0.05, 0.1) is 50.6 Å². The summed E-state index contributed by atoms with van der Waals surface area (Å²) in [6, 6.07) is 15.1. The molecule has 1 saturated heterocycles. The number of hydrogen-bond acceptors (Lipinski definition) is 7. The third kappa shape index (κ3) is 6.72. The van der Waals surface area contributed by atoms with Crippen LogP contribution in [0.3, 0.4) is 0 Å². The molecule has 0 radical (unpaired) electrons. The number of ether oxygens (including phenoxy) is 3. The summed E-state index contributed by atoms with van der Waals surface area (Å²) in [5.74, 6) is 0.836. The maximum atomic E-state index is 12.9. The molecule has 2 aliphatic heterocycles. The Kier molecular flexibility index (Phi) is 8.58. The van der Waals surface area contributed by atoms with Crippen LogP contribution in [0.15, 0.2) is 48.7 Å². The van der Waals surface area contributed by atoms with E-state index in [9.17, 15) is 4.79 Å². The second-order valence-corrected chi connectivity index (χ2v) is 9.88. The first-order valence-electron chi connectivity index (χ1n) is 13.3. The first kappa shape index (κ1) is 26.2. The predicted octanol–water partition coefficient (Wildman–Crippen LogP) is 3.01. The first-order chi connectivity index (χ1) is 18.5. The molecule has 9 nitrogen and oxygen atoms in total. The highest BCUT2D eigenvalue weighted by atomic mass is 16.5. The van der Waals surface area contributed by atoms with Crippen molar-refractivity contribution < 1.29 is 19.0 Å². The van der Waals surface area contributed by atoms with Crippen LogP contribution in [-0.4, -0.2) is 79.8 Å². The van der Waals surface area contributed by atoms with Crippen LogP contribution in [0.2, 0.25) is 0 Å². The number of nitrogens with zero attached hydrogens (tertiary/aromatic N) is 4. The van der Waals surface area contributed by atoms with Crippen LogP contribution in [0.5, 0.6) is 5.75 Å². The van der Waals surface area contributed by atoms with Crippen molar-refractivity contribution in [3.8, 4) is 5.75 Å². The minimum Gasteiger partial charge on any atom is -0.491 e. The van der Waals surface area contributed by atoms with Crippen molar-refractivity contribution in [2.24, 2.45) is 7.05 Å². The van der Waals surface area contributed by atoms with Crippen molar-refractivity contribution in [1.82, 2.24) is 14.7 Å². The average Bonchev–Trinajstić information content (AvgIpc) is 3.23. The fraction of sp³-hybridized carbons (Fsp3) is 0.448. The Morgan fingerprint density at radius 1 is 0.974 bits per heavy atom. The molecule has 0 unspecified atom stereocenters. The van der Waals surface area contributed by atoms with Crippen LogP contribution >= 0.6 is 0 Å². The molecule has 2 aliphatic rings. The molecule has 1 N–H and O–H groups in total. The maximum Gasteiger partial charge on any atom is 0.238 e. The summed E-state index contributed by atoms with van der Waals surface area (Å²) in [7, 11) is 1.86. The van der Waals surface area contributed by atoms with Crippen molar-refractivity contribution in [2.75, 3.05) is 69.4 Å². The smallest absolute Gasteiger partial charge is 0.238 e. The molecule has 1 aromatic heterocycles. The topological polar surface area (TPSA) is 81.1 Å². The van der Waals surface area contributed by atoms with Crippen LogP contribution in [0.25, 0.3) is 0 Å². The molecule has 1 amide bonds. The molecule has 2 aromatic carbocycles. The van der Waals surface area contributed by atoms with Gasteiger partial charge in [-0.3, -0.25) is 14.4 Å². The van der Waals surface area contributed by atoms with Crippen molar-refractivity contribution in [1.29, 1.82) is 0 Å². The molecule has 0 atom stereocenters. The van der Waals surface area contributed by atoms with Gasteiger partial charge in [0.15, 0.2) is 0 Å². The summed E-state index contributed by atoms with van der Waals surface area (Å²) in [6.07, 6.45) is 2.45. The summed E-state index contributed by atoms with van der Waals surface area (Å²) < 4.78 is 19.3. The number of benzene rings is 2. The molecule has 202 valence electrons. The van der Waals surface area contributed by atoms with E-state index in [1.54, 1.807) is 10.9 Å². The Balaban J connectivity index is 1.33. The van der Waals surface area contributed by atoms with E-state index in [0.717, 1.165) is 61.0 Å². The zero-order chi connectivity index (χ0) is 26.3. The van der Waals surface area contributed by atoms with Crippen molar-refractivity contribution in [3.63, 3.8) is 0 Å². The fourth-order valence-electron chi connectivity index (χ4n) is 4.91. The minimum atomic E-state index is -0.0636. The van der Waals surface area contributed by atoms with Crippen molar-refractivity contribution in [3.05, 3.63) is 71.0 Å². The number of amides is 1. The summed E-state index contributed by atoms with van der Waals surface area (Å²) in [5.41, 5.74) is 6.40. The predicted molar refractivity (Wildman–Crippen MR) is 147 cm³/mol. The third-order valence-corrected chi connectivity index (χ3v) is 7.13. The molecule has 0 saturated carbocycles. The lowest BCUT2D eigenvalue weighted by atomic mass is 10.0. The van der Waals surface area contributed by atoms with Gasteiger partial charge in [0.1, 0.15) is 12.4 Å². The van der Waals surface area contributed by atoms with Gasteiger partial charge in [-0.25, -0.2) is 0 Å².